The lowest BCUT2D eigenvalue weighted by Gasteiger charge is -2.11. The quantitative estimate of drug-likeness (QED) is 0.421. The van der Waals surface area contributed by atoms with Crippen LogP contribution in [0.3, 0.4) is 0 Å². The molecular weight excluding hydrogens is 382 g/mol. The highest BCUT2D eigenvalue weighted by atomic mass is 32.1. The number of ketones is 1. The summed E-state index contributed by atoms with van der Waals surface area (Å²) in [6.07, 6.45) is 5.16. The number of hydrogen-bond donors (Lipinski definition) is 1. The summed E-state index contributed by atoms with van der Waals surface area (Å²) in [4.78, 5) is 22.2. The average molecular weight is 401 g/mol. The number of nitrogens with zero attached hydrogens (tertiary/aromatic N) is 2. The van der Waals surface area contributed by atoms with Gasteiger partial charge in [-0.05, 0) is 59.5 Å². The van der Waals surface area contributed by atoms with E-state index < -0.39 is 0 Å². The Morgan fingerprint density at radius 3 is 2.66 bits per heavy atom. The van der Waals surface area contributed by atoms with Gasteiger partial charge in [-0.15, -0.1) is 11.3 Å². The topological polar surface area (TPSA) is 64.1 Å². The van der Waals surface area contributed by atoms with Crippen LogP contribution >= 0.6 is 11.3 Å². The predicted molar refractivity (Wildman–Crippen MR) is 116 cm³/mol. The molecule has 0 bridgehead atoms. The van der Waals surface area contributed by atoms with E-state index in [2.05, 4.69) is 21.4 Å². The molecule has 2 heterocycles. The molecule has 0 fully saturated rings. The van der Waals surface area contributed by atoms with Crippen LogP contribution in [0.15, 0.2) is 78.6 Å². The van der Waals surface area contributed by atoms with Gasteiger partial charge in [0.25, 0.3) is 0 Å². The smallest absolute Gasteiger partial charge is 0.167 e. The Morgan fingerprint density at radius 1 is 1.10 bits per heavy atom. The van der Waals surface area contributed by atoms with E-state index in [-0.39, 0.29) is 12.2 Å². The number of carbonyl (C=O) groups excluding carboxylic acids is 1. The zero-order valence-corrected chi connectivity index (χ0v) is 16.6. The molecule has 2 aromatic carbocycles. The molecule has 0 aliphatic carbocycles. The molecule has 0 atom stereocenters. The van der Waals surface area contributed by atoms with Gasteiger partial charge in [-0.2, -0.15) is 0 Å². The number of nitrogens with one attached hydrogen (secondary N) is 1. The fourth-order valence-electron chi connectivity index (χ4n) is 3.04. The third kappa shape index (κ3) is 4.50. The summed E-state index contributed by atoms with van der Waals surface area (Å²) < 4.78 is 5.47. The highest BCUT2D eigenvalue weighted by molar-refractivity contribution is 7.13. The molecule has 0 unspecified atom stereocenters. The molecule has 0 aliphatic heterocycles. The molecule has 0 saturated heterocycles. The van der Waals surface area contributed by atoms with Crippen LogP contribution in [0.2, 0.25) is 0 Å². The van der Waals surface area contributed by atoms with Gasteiger partial charge in [0.2, 0.25) is 0 Å². The molecule has 4 aromatic rings. The Balaban J connectivity index is 1.51. The summed E-state index contributed by atoms with van der Waals surface area (Å²) >= 11 is 1.67. The van der Waals surface area contributed by atoms with Crippen LogP contribution in [0.25, 0.3) is 10.4 Å². The Hall–Kier alpha value is -3.51. The zero-order valence-electron chi connectivity index (χ0n) is 15.8. The molecule has 0 aliphatic rings. The molecule has 0 amide bonds. The normalized spacial score (nSPS) is 10.5. The van der Waals surface area contributed by atoms with E-state index in [1.807, 2.05) is 53.9 Å². The number of carbonyl (C=O) groups is 1. The van der Waals surface area contributed by atoms with Crippen molar-refractivity contribution >= 4 is 28.6 Å². The van der Waals surface area contributed by atoms with Gasteiger partial charge in [0.1, 0.15) is 11.6 Å². The SMILES string of the molecule is COc1ccc(-c2cccs2)cc1CC(=O)c1ccc(Nc2cnccn2)cc1. The zero-order chi connectivity index (χ0) is 20.1. The monoisotopic (exact) mass is 401 g/mol. The highest BCUT2D eigenvalue weighted by Gasteiger charge is 2.13. The maximum Gasteiger partial charge on any atom is 0.167 e. The number of methoxy groups -OCH3 is 1. The first-order valence-corrected chi connectivity index (χ1v) is 9.98. The largest absolute Gasteiger partial charge is 0.496 e. The molecule has 0 radical (unpaired) electrons. The van der Waals surface area contributed by atoms with Crippen molar-refractivity contribution in [2.24, 2.45) is 0 Å². The Labute approximate surface area is 173 Å². The Bertz CT molecular complexity index is 1090. The third-order valence-electron chi connectivity index (χ3n) is 4.48. The first kappa shape index (κ1) is 18.8. The third-order valence-corrected chi connectivity index (χ3v) is 5.40. The van der Waals surface area contributed by atoms with Gasteiger partial charge in [0.05, 0.1) is 13.3 Å². The van der Waals surface area contributed by atoms with E-state index in [9.17, 15) is 4.79 Å². The lowest BCUT2D eigenvalue weighted by Crippen LogP contribution is -2.05. The van der Waals surface area contributed by atoms with Crippen LogP contribution in [0.5, 0.6) is 5.75 Å². The number of aromatic nitrogens is 2. The molecule has 29 heavy (non-hydrogen) atoms. The van der Waals surface area contributed by atoms with Crippen LogP contribution in [-0.2, 0) is 6.42 Å². The second-order valence-corrected chi connectivity index (χ2v) is 7.34. The Morgan fingerprint density at radius 2 is 1.97 bits per heavy atom. The Kier molecular flexibility index (Phi) is 5.63. The van der Waals surface area contributed by atoms with Crippen molar-refractivity contribution in [2.45, 2.75) is 6.42 Å². The summed E-state index contributed by atoms with van der Waals surface area (Å²) in [7, 11) is 1.63. The lowest BCUT2D eigenvalue weighted by atomic mass is 9.99. The fourth-order valence-corrected chi connectivity index (χ4v) is 3.76. The number of thiophene rings is 1. The van der Waals surface area contributed by atoms with E-state index in [0.717, 1.165) is 22.6 Å². The second kappa shape index (κ2) is 8.67. The minimum atomic E-state index is 0.0395. The van der Waals surface area contributed by atoms with Crippen LogP contribution < -0.4 is 10.1 Å². The molecule has 4 rings (SSSR count). The standard InChI is InChI=1S/C23H19N3O2S/c1-28-21-9-6-17(22-3-2-12-29-22)13-18(21)14-20(27)16-4-7-19(8-5-16)26-23-15-24-10-11-25-23/h2-13,15H,14H2,1H3,(H,25,26). The number of Topliss-reactive ketones (excluding diaryl/α,β-unsaturated/α-hetero) is 1. The van der Waals surface area contributed by atoms with Gasteiger partial charge in [-0.1, -0.05) is 6.07 Å². The van der Waals surface area contributed by atoms with E-state index in [0.29, 0.717) is 11.4 Å². The van der Waals surface area contributed by atoms with Crippen LogP contribution in [0.4, 0.5) is 11.5 Å². The summed E-state index contributed by atoms with van der Waals surface area (Å²) in [6.45, 7) is 0. The van der Waals surface area contributed by atoms with Crippen LogP contribution in [0, 0.1) is 0 Å². The first-order chi connectivity index (χ1) is 14.2. The fraction of sp³-hybridized carbons (Fsp3) is 0.0870. The van der Waals surface area contributed by atoms with Crippen LogP contribution in [-0.4, -0.2) is 22.9 Å². The number of benzene rings is 2. The number of anilines is 2. The summed E-state index contributed by atoms with van der Waals surface area (Å²) in [5.74, 6) is 1.42. The minimum Gasteiger partial charge on any atom is -0.496 e. The first-order valence-electron chi connectivity index (χ1n) is 9.10. The molecule has 2 aromatic heterocycles. The molecule has 0 saturated carbocycles. The highest BCUT2D eigenvalue weighted by Crippen LogP contribution is 2.30. The summed E-state index contributed by atoms with van der Waals surface area (Å²) in [6, 6.07) is 17.4. The van der Waals surface area contributed by atoms with Gasteiger partial charge in [-0.25, -0.2) is 4.98 Å². The van der Waals surface area contributed by atoms with E-state index in [1.165, 1.54) is 4.88 Å². The maximum atomic E-state index is 12.9. The minimum absolute atomic E-state index is 0.0395. The van der Waals surface area contributed by atoms with Gasteiger partial charge in [0.15, 0.2) is 5.78 Å². The molecule has 144 valence electrons. The molecule has 5 nitrogen and oxygen atoms in total. The number of ether oxygens (including phenoxy) is 1. The van der Waals surface area contributed by atoms with Gasteiger partial charge < -0.3 is 10.1 Å². The molecule has 1 N–H and O–H groups in total. The van der Waals surface area contributed by atoms with Crippen molar-refractivity contribution in [3.05, 3.63) is 89.7 Å². The van der Waals surface area contributed by atoms with E-state index in [1.54, 1.807) is 37.0 Å². The molecular formula is C23H19N3O2S. The van der Waals surface area contributed by atoms with Gasteiger partial charge in [-0.3, -0.25) is 9.78 Å². The van der Waals surface area contributed by atoms with Gasteiger partial charge in [0, 0.05) is 40.5 Å². The van der Waals surface area contributed by atoms with Crippen molar-refractivity contribution in [3.63, 3.8) is 0 Å². The van der Waals surface area contributed by atoms with Crippen LogP contribution in [0.1, 0.15) is 15.9 Å². The molecule has 6 heteroatoms. The lowest BCUT2D eigenvalue weighted by molar-refractivity contribution is 0.0992. The van der Waals surface area contributed by atoms with E-state index in [4.69, 9.17) is 4.74 Å². The van der Waals surface area contributed by atoms with Crippen molar-refractivity contribution in [2.75, 3.05) is 12.4 Å². The second-order valence-electron chi connectivity index (χ2n) is 6.40. The number of rotatable bonds is 7. The average Bonchev–Trinajstić information content (AvgIpc) is 3.30. The van der Waals surface area contributed by atoms with Gasteiger partial charge >= 0.3 is 0 Å². The van der Waals surface area contributed by atoms with Crippen molar-refractivity contribution in [1.82, 2.24) is 9.97 Å². The van der Waals surface area contributed by atoms with Crippen molar-refractivity contribution in [1.29, 1.82) is 0 Å². The summed E-state index contributed by atoms with van der Waals surface area (Å²) in [5, 5.41) is 5.20. The summed E-state index contributed by atoms with van der Waals surface area (Å²) in [5.41, 5.74) is 3.47. The van der Waals surface area contributed by atoms with E-state index >= 15 is 0 Å². The number of hydrogen-bond acceptors (Lipinski definition) is 6. The maximum absolute atomic E-state index is 12.9. The van der Waals surface area contributed by atoms with Crippen molar-refractivity contribution in [3.8, 4) is 16.2 Å². The van der Waals surface area contributed by atoms with Crippen molar-refractivity contribution < 1.29 is 9.53 Å². The molecule has 0 spiro atoms. The predicted octanol–water partition coefficient (Wildman–Crippen LogP) is 5.38.